The van der Waals surface area contributed by atoms with Crippen LogP contribution in [0.4, 0.5) is 24.8 Å². The lowest BCUT2D eigenvalue weighted by Crippen LogP contribution is -2.36. The second-order valence-electron chi connectivity index (χ2n) is 9.13. The molecule has 1 aliphatic carbocycles. The number of piperidine rings is 1. The molecule has 1 saturated carbocycles. The lowest BCUT2D eigenvalue weighted by Gasteiger charge is -2.32. The third kappa shape index (κ3) is 6.71. The highest BCUT2D eigenvalue weighted by molar-refractivity contribution is 5.95. The topological polar surface area (TPSA) is 140 Å². The van der Waals surface area contributed by atoms with E-state index in [1.54, 1.807) is 0 Å². The molecule has 2 aliphatic rings. The van der Waals surface area contributed by atoms with Crippen molar-refractivity contribution >= 4 is 17.4 Å². The Kier molecular flexibility index (Phi) is 7.42. The number of hydrogen-bond donors (Lipinski definition) is 1. The van der Waals surface area contributed by atoms with Gasteiger partial charge in [0.25, 0.3) is 0 Å². The number of alkyl halides is 3. The molecule has 4 rings (SSSR count). The maximum Gasteiger partial charge on any atom is 0.389 e. The van der Waals surface area contributed by atoms with Crippen LogP contribution in [-0.2, 0) is 0 Å². The Morgan fingerprint density at radius 3 is 2.64 bits per heavy atom. The first-order chi connectivity index (χ1) is 17.2. The van der Waals surface area contributed by atoms with Crippen LogP contribution in [-0.4, -0.2) is 58.2 Å². The molecule has 2 aromatic rings. The fourth-order valence-electron chi connectivity index (χ4n) is 3.78. The van der Waals surface area contributed by atoms with Gasteiger partial charge < -0.3 is 20.1 Å². The first kappa shape index (κ1) is 25.4. The maximum atomic E-state index is 12.6. The fraction of sp³-hybridized carbons (Fsp3) is 0.565. The molecule has 36 heavy (non-hydrogen) atoms. The van der Waals surface area contributed by atoms with Gasteiger partial charge in [-0.05, 0) is 31.6 Å². The van der Waals surface area contributed by atoms with Gasteiger partial charge in [0.05, 0.1) is 30.7 Å². The van der Waals surface area contributed by atoms with E-state index >= 15 is 0 Å². The number of nitriles is 1. The van der Waals surface area contributed by atoms with Crippen molar-refractivity contribution < 1.29 is 27.4 Å². The zero-order valence-electron chi connectivity index (χ0n) is 19.5. The van der Waals surface area contributed by atoms with E-state index in [0.29, 0.717) is 44.1 Å². The van der Waals surface area contributed by atoms with Gasteiger partial charge in [0.15, 0.2) is 17.4 Å². The van der Waals surface area contributed by atoms with Crippen molar-refractivity contribution in [1.29, 1.82) is 5.26 Å². The average Bonchev–Trinajstić information content (AvgIpc) is 3.66. The van der Waals surface area contributed by atoms with Crippen molar-refractivity contribution in [1.82, 2.24) is 19.9 Å². The number of carbonyl (C=O) groups excluding carboxylic acids is 1. The highest BCUT2D eigenvalue weighted by Gasteiger charge is 2.44. The average molecular weight is 506 g/mol. The lowest BCUT2D eigenvalue weighted by molar-refractivity contribution is -0.133. The Bertz CT molecular complexity index is 1130. The van der Waals surface area contributed by atoms with E-state index in [1.807, 2.05) is 4.90 Å². The summed E-state index contributed by atoms with van der Waals surface area (Å²) in [6.45, 7) is 1.67. The van der Waals surface area contributed by atoms with Gasteiger partial charge in [0.2, 0.25) is 0 Å². The SMILES string of the molecule is N#CC1(COc2nc(C(=O)CCC(F)(F)F)cc(N3CCC(COc4cncnc4N)CC3)n2)CC1. The Balaban J connectivity index is 1.42. The predicted molar refractivity (Wildman–Crippen MR) is 121 cm³/mol. The first-order valence-corrected chi connectivity index (χ1v) is 11.6. The zero-order chi connectivity index (χ0) is 25.8. The Morgan fingerprint density at radius 1 is 1.25 bits per heavy atom. The molecule has 0 amide bonds. The minimum atomic E-state index is -4.45. The van der Waals surface area contributed by atoms with Crippen molar-refractivity contribution in [2.75, 3.05) is 36.9 Å². The number of ketones is 1. The van der Waals surface area contributed by atoms with Crippen molar-refractivity contribution in [2.45, 2.75) is 44.7 Å². The van der Waals surface area contributed by atoms with Crippen LogP contribution in [0.3, 0.4) is 0 Å². The molecule has 0 unspecified atom stereocenters. The molecule has 0 aromatic carbocycles. The Morgan fingerprint density at radius 2 is 2.00 bits per heavy atom. The highest BCUT2D eigenvalue weighted by Crippen LogP contribution is 2.45. The third-order valence-corrected chi connectivity index (χ3v) is 6.30. The molecule has 0 bridgehead atoms. The summed E-state index contributed by atoms with van der Waals surface area (Å²) in [5.74, 6) is 0.579. The van der Waals surface area contributed by atoms with E-state index in [0.717, 1.165) is 12.8 Å². The molecule has 1 saturated heterocycles. The number of nitrogens with two attached hydrogens (primary N) is 1. The van der Waals surface area contributed by atoms with Crippen molar-refractivity contribution in [3.63, 3.8) is 0 Å². The molecule has 192 valence electrons. The molecule has 0 spiro atoms. The van der Waals surface area contributed by atoms with Gasteiger partial charge >= 0.3 is 12.2 Å². The Hall–Kier alpha value is -3.69. The van der Waals surface area contributed by atoms with E-state index in [4.69, 9.17) is 15.2 Å². The Labute approximate surface area is 205 Å². The summed E-state index contributed by atoms with van der Waals surface area (Å²) in [4.78, 5) is 30.7. The van der Waals surface area contributed by atoms with Crippen LogP contribution >= 0.6 is 0 Å². The van der Waals surface area contributed by atoms with Crippen LogP contribution in [0.1, 0.15) is 49.0 Å². The summed E-state index contributed by atoms with van der Waals surface area (Å²) < 4.78 is 49.3. The minimum absolute atomic E-state index is 0.0644. The second kappa shape index (κ2) is 10.5. The number of hydrogen-bond acceptors (Lipinski definition) is 10. The number of halogens is 3. The van der Waals surface area contributed by atoms with Crippen molar-refractivity contribution in [3.05, 3.63) is 24.3 Å². The van der Waals surface area contributed by atoms with Gasteiger partial charge in [-0.15, -0.1) is 0 Å². The van der Waals surface area contributed by atoms with Crippen LogP contribution in [0.25, 0.3) is 0 Å². The number of anilines is 2. The monoisotopic (exact) mass is 505 g/mol. The summed E-state index contributed by atoms with van der Waals surface area (Å²) in [7, 11) is 0. The maximum absolute atomic E-state index is 12.6. The summed E-state index contributed by atoms with van der Waals surface area (Å²) in [5, 5.41) is 9.27. The third-order valence-electron chi connectivity index (χ3n) is 6.30. The summed E-state index contributed by atoms with van der Waals surface area (Å²) in [6.07, 6.45) is -0.660. The van der Waals surface area contributed by atoms with Crippen LogP contribution in [0.2, 0.25) is 0 Å². The minimum Gasteiger partial charge on any atom is -0.488 e. The van der Waals surface area contributed by atoms with Gasteiger partial charge in [-0.1, -0.05) is 0 Å². The number of aromatic nitrogens is 4. The quantitative estimate of drug-likeness (QED) is 0.478. The van der Waals surface area contributed by atoms with Crippen LogP contribution in [0.15, 0.2) is 18.6 Å². The normalized spacial score (nSPS) is 17.3. The van der Waals surface area contributed by atoms with E-state index < -0.39 is 30.2 Å². The smallest absolute Gasteiger partial charge is 0.389 e. The number of nitrogens with zero attached hydrogens (tertiary/aromatic N) is 6. The standard InChI is InChI=1S/C23H26F3N7O3/c24-23(25,26)4-1-17(34)16-9-19(32-21(31-16)36-13-22(12-27)5-6-22)33-7-2-15(3-8-33)11-35-18-10-29-14-30-20(18)28/h9-10,14-15H,1-8,11,13H2,(H2,28,29,30). The fourth-order valence-corrected chi connectivity index (χ4v) is 3.78. The van der Waals surface area contributed by atoms with Gasteiger partial charge in [0, 0.05) is 25.6 Å². The number of rotatable bonds is 10. The summed E-state index contributed by atoms with van der Waals surface area (Å²) in [5.41, 5.74) is 5.05. The zero-order valence-corrected chi connectivity index (χ0v) is 19.5. The van der Waals surface area contributed by atoms with Crippen LogP contribution in [0, 0.1) is 22.7 Å². The largest absolute Gasteiger partial charge is 0.488 e. The molecule has 1 aliphatic heterocycles. The first-order valence-electron chi connectivity index (χ1n) is 11.6. The van der Waals surface area contributed by atoms with Crippen LogP contribution in [0.5, 0.6) is 11.8 Å². The van der Waals surface area contributed by atoms with Gasteiger partial charge in [-0.3, -0.25) is 4.79 Å². The lowest BCUT2D eigenvalue weighted by atomic mass is 9.98. The number of Topliss-reactive ketones (excluding diaryl/α,β-unsaturated/α-hetero) is 1. The number of ether oxygens (including phenoxy) is 2. The molecule has 13 heteroatoms. The van der Waals surface area contributed by atoms with E-state index in [9.17, 15) is 23.2 Å². The summed E-state index contributed by atoms with van der Waals surface area (Å²) >= 11 is 0. The molecule has 2 N–H and O–H groups in total. The van der Waals surface area contributed by atoms with Gasteiger partial charge in [-0.2, -0.15) is 28.4 Å². The van der Waals surface area contributed by atoms with E-state index in [2.05, 4.69) is 26.0 Å². The number of nitrogen functional groups attached to an aromatic ring is 1. The van der Waals surface area contributed by atoms with Crippen LogP contribution < -0.4 is 20.1 Å². The van der Waals surface area contributed by atoms with Crippen molar-refractivity contribution in [3.8, 4) is 17.8 Å². The number of carbonyl (C=O) groups is 1. The van der Waals surface area contributed by atoms with E-state index in [-0.39, 0.29) is 30.0 Å². The van der Waals surface area contributed by atoms with Gasteiger partial charge in [0.1, 0.15) is 24.4 Å². The molecule has 2 aromatic heterocycles. The molecular formula is C23H26F3N7O3. The molecule has 3 heterocycles. The molecule has 0 radical (unpaired) electrons. The molecule has 2 fully saturated rings. The summed E-state index contributed by atoms with van der Waals surface area (Å²) in [6, 6.07) is 3.48. The predicted octanol–water partition coefficient (Wildman–Crippen LogP) is 3.35. The molecule has 0 atom stereocenters. The highest BCUT2D eigenvalue weighted by atomic mass is 19.4. The molecular weight excluding hydrogens is 479 g/mol. The second-order valence-corrected chi connectivity index (χ2v) is 9.13. The van der Waals surface area contributed by atoms with Crippen molar-refractivity contribution in [2.24, 2.45) is 11.3 Å². The molecule has 10 nitrogen and oxygen atoms in total. The van der Waals surface area contributed by atoms with Gasteiger partial charge in [-0.25, -0.2) is 9.97 Å². The van der Waals surface area contributed by atoms with E-state index in [1.165, 1.54) is 18.6 Å².